The van der Waals surface area contributed by atoms with Crippen LogP contribution in [0.15, 0.2) is 17.6 Å². The number of aryl methyl sites for hydroxylation is 1. The Labute approximate surface area is 158 Å². The lowest BCUT2D eigenvalue weighted by Gasteiger charge is -2.32. The van der Waals surface area contributed by atoms with Crippen LogP contribution in [0.2, 0.25) is 0 Å². The van der Waals surface area contributed by atoms with Crippen molar-refractivity contribution in [3.63, 3.8) is 0 Å². The van der Waals surface area contributed by atoms with E-state index in [4.69, 9.17) is 0 Å². The number of hydrogen-bond donors (Lipinski definition) is 1. The molecule has 2 aromatic rings. The first kappa shape index (κ1) is 19.5. The van der Waals surface area contributed by atoms with Crippen LogP contribution in [0.1, 0.15) is 53.9 Å². The van der Waals surface area contributed by atoms with Crippen LogP contribution in [-0.4, -0.2) is 39.0 Å². The molecule has 146 valence electrons. The van der Waals surface area contributed by atoms with Gasteiger partial charge in [0, 0.05) is 30.6 Å². The van der Waals surface area contributed by atoms with E-state index in [2.05, 4.69) is 20.3 Å². The number of likely N-dealkylation sites (tertiary alicyclic amines) is 1. The van der Waals surface area contributed by atoms with Crippen LogP contribution in [0.25, 0.3) is 0 Å². The molecule has 2 amide bonds. The van der Waals surface area contributed by atoms with Gasteiger partial charge >= 0.3 is 12.2 Å². The summed E-state index contributed by atoms with van der Waals surface area (Å²) in [5, 5.41) is 4.45. The number of halogens is 3. The Bertz CT molecular complexity index is 802. The maximum absolute atomic E-state index is 12.7. The van der Waals surface area contributed by atoms with Crippen molar-refractivity contribution in [1.29, 1.82) is 0 Å². The van der Waals surface area contributed by atoms with Crippen molar-refractivity contribution in [2.45, 2.75) is 44.8 Å². The highest BCUT2D eigenvalue weighted by Gasteiger charge is 2.35. The van der Waals surface area contributed by atoms with E-state index in [1.54, 1.807) is 24.1 Å². The van der Waals surface area contributed by atoms with Gasteiger partial charge < -0.3 is 10.2 Å². The fourth-order valence-electron chi connectivity index (χ4n) is 3.00. The van der Waals surface area contributed by atoms with E-state index in [9.17, 15) is 18.0 Å². The highest BCUT2D eigenvalue weighted by atomic mass is 32.1. The number of carbonyl (C=O) groups excluding carboxylic acids is 1. The van der Waals surface area contributed by atoms with Gasteiger partial charge in [0.2, 0.25) is 0 Å². The molecular weight excluding hydrogens is 379 g/mol. The molecule has 0 saturated carbocycles. The Balaban J connectivity index is 1.54. The summed E-state index contributed by atoms with van der Waals surface area (Å²) in [6.07, 6.45) is -1.57. The molecule has 1 saturated heterocycles. The maximum atomic E-state index is 12.7. The molecule has 2 aromatic heterocycles. The van der Waals surface area contributed by atoms with Crippen molar-refractivity contribution in [3.8, 4) is 0 Å². The Hall–Kier alpha value is -2.23. The third-order valence-electron chi connectivity index (χ3n) is 4.52. The van der Waals surface area contributed by atoms with Gasteiger partial charge in [0.1, 0.15) is 5.82 Å². The number of aromatic nitrogens is 3. The summed E-state index contributed by atoms with van der Waals surface area (Å²) in [6.45, 7) is 4.59. The molecule has 0 bridgehead atoms. The Morgan fingerprint density at radius 1 is 1.33 bits per heavy atom. The number of rotatable bonds is 3. The first-order valence-corrected chi connectivity index (χ1v) is 9.49. The molecule has 1 atom stereocenters. The minimum atomic E-state index is -4.41. The second kappa shape index (κ2) is 7.79. The highest BCUT2D eigenvalue weighted by molar-refractivity contribution is 7.09. The summed E-state index contributed by atoms with van der Waals surface area (Å²) in [5.41, 5.74) is -0.107. The summed E-state index contributed by atoms with van der Waals surface area (Å²) in [4.78, 5) is 26.2. The molecule has 3 heterocycles. The number of hydrogen-bond acceptors (Lipinski definition) is 5. The van der Waals surface area contributed by atoms with E-state index in [1.165, 1.54) is 0 Å². The van der Waals surface area contributed by atoms with Gasteiger partial charge in [0.15, 0.2) is 5.69 Å². The van der Waals surface area contributed by atoms with Crippen LogP contribution < -0.4 is 5.32 Å². The zero-order valence-electron chi connectivity index (χ0n) is 15.0. The van der Waals surface area contributed by atoms with E-state index in [0.29, 0.717) is 36.8 Å². The number of thiazole rings is 1. The Kier molecular flexibility index (Phi) is 5.64. The molecule has 0 aliphatic carbocycles. The molecule has 1 N–H and O–H groups in total. The van der Waals surface area contributed by atoms with Crippen molar-refractivity contribution < 1.29 is 18.0 Å². The number of nitrogens with one attached hydrogen (secondary N) is 1. The van der Waals surface area contributed by atoms with Gasteiger partial charge in [-0.05, 0) is 32.8 Å². The molecule has 6 nitrogen and oxygen atoms in total. The third-order valence-corrected chi connectivity index (χ3v) is 5.53. The summed E-state index contributed by atoms with van der Waals surface area (Å²) >= 11 is 1.04. The van der Waals surface area contributed by atoms with Gasteiger partial charge in [-0.1, -0.05) is 0 Å². The predicted octanol–water partition coefficient (Wildman–Crippen LogP) is 3.91. The van der Waals surface area contributed by atoms with Crippen LogP contribution in [0, 0.1) is 6.92 Å². The lowest BCUT2D eigenvalue weighted by molar-refractivity contribution is -0.140. The molecule has 0 radical (unpaired) electrons. The quantitative estimate of drug-likeness (QED) is 0.850. The zero-order valence-corrected chi connectivity index (χ0v) is 15.8. The number of carbonyl (C=O) groups is 1. The van der Waals surface area contributed by atoms with Crippen molar-refractivity contribution in [2.75, 3.05) is 13.1 Å². The monoisotopic (exact) mass is 399 g/mol. The standard InChI is InChI=1S/C17H20F3N5OS/c1-10(13-3-6-21-11(2)23-13)22-16(26)25-7-4-12(5-8-25)15-24-14(9-27-15)17(18,19)20/h3,6,9-10,12H,4-5,7-8H2,1-2H3,(H,22,26). The fourth-order valence-corrected chi connectivity index (χ4v) is 4.00. The van der Waals surface area contributed by atoms with Crippen LogP contribution in [0.5, 0.6) is 0 Å². The van der Waals surface area contributed by atoms with E-state index in [1.807, 2.05) is 6.92 Å². The van der Waals surface area contributed by atoms with Crippen LogP contribution >= 0.6 is 11.3 Å². The average molecular weight is 399 g/mol. The van der Waals surface area contributed by atoms with Crippen molar-refractivity contribution in [2.24, 2.45) is 0 Å². The number of urea groups is 1. The number of nitrogens with zero attached hydrogens (tertiary/aromatic N) is 4. The van der Waals surface area contributed by atoms with E-state index < -0.39 is 11.9 Å². The van der Waals surface area contributed by atoms with Crippen LogP contribution in [-0.2, 0) is 6.18 Å². The largest absolute Gasteiger partial charge is 0.434 e. The van der Waals surface area contributed by atoms with Gasteiger partial charge in [0.25, 0.3) is 0 Å². The molecule has 1 fully saturated rings. The Morgan fingerprint density at radius 2 is 2.04 bits per heavy atom. The second-order valence-corrected chi connectivity index (χ2v) is 7.42. The number of piperidine rings is 1. The molecule has 3 rings (SSSR count). The first-order chi connectivity index (χ1) is 12.7. The second-order valence-electron chi connectivity index (χ2n) is 6.53. The lowest BCUT2D eigenvalue weighted by atomic mass is 9.98. The number of alkyl halides is 3. The normalized spacial score (nSPS) is 17.0. The molecule has 1 unspecified atom stereocenters. The average Bonchev–Trinajstić information content (AvgIpc) is 3.12. The van der Waals surface area contributed by atoms with E-state index >= 15 is 0 Å². The molecule has 10 heteroatoms. The third kappa shape index (κ3) is 4.74. The summed E-state index contributed by atoms with van der Waals surface area (Å²) < 4.78 is 38.1. The molecule has 1 aliphatic rings. The predicted molar refractivity (Wildman–Crippen MR) is 94.4 cm³/mol. The molecule has 0 aromatic carbocycles. The van der Waals surface area contributed by atoms with Crippen molar-refractivity contribution >= 4 is 17.4 Å². The fraction of sp³-hybridized carbons (Fsp3) is 0.529. The lowest BCUT2D eigenvalue weighted by Crippen LogP contribution is -2.45. The van der Waals surface area contributed by atoms with Gasteiger partial charge in [0.05, 0.1) is 16.7 Å². The van der Waals surface area contributed by atoms with Gasteiger partial charge in [-0.3, -0.25) is 0 Å². The maximum Gasteiger partial charge on any atom is 0.434 e. The Morgan fingerprint density at radius 3 is 2.63 bits per heavy atom. The first-order valence-electron chi connectivity index (χ1n) is 8.61. The summed E-state index contributed by atoms with van der Waals surface area (Å²) in [5.74, 6) is 0.591. The van der Waals surface area contributed by atoms with Crippen molar-refractivity contribution in [3.05, 3.63) is 39.9 Å². The van der Waals surface area contributed by atoms with Crippen LogP contribution in [0.4, 0.5) is 18.0 Å². The topological polar surface area (TPSA) is 71.0 Å². The highest BCUT2D eigenvalue weighted by Crippen LogP contribution is 2.35. The molecule has 0 spiro atoms. The van der Waals surface area contributed by atoms with E-state index in [0.717, 1.165) is 22.4 Å². The van der Waals surface area contributed by atoms with Crippen molar-refractivity contribution in [1.82, 2.24) is 25.2 Å². The smallest absolute Gasteiger partial charge is 0.330 e. The van der Waals surface area contributed by atoms with Gasteiger partial charge in [-0.15, -0.1) is 11.3 Å². The van der Waals surface area contributed by atoms with Gasteiger partial charge in [-0.25, -0.2) is 19.7 Å². The molecular formula is C17H20F3N5OS. The van der Waals surface area contributed by atoms with Crippen LogP contribution in [0.3, 0.4) is 0 Å². The molecule has 1 aliphatic heterocycles. The molecule has 27 heavy (non-hydrogen) atoms. The zero-order chi connectivity index (χ0) is 19.6. The van der Waals surface area contributed by atoms with E-state index in [-0.39, 0.29) is 18.0 Å². The summed E-state index contributed by atoms with van der Waals surface area (Å²) in [6, 6.07) is 1.29. The minimum Gasteiger partial charge on any atom is -0.330 e. The number of amides is 2. The SMILES string of the molecule is Cc1nccc(C(C)NC(=O)N2CCC(c3nc(C(F)(F)F)cs3)CC2)n1. The van der Waals surface area contributed by atoms with Gasteiger partial charge in [-0.2, -0.15) is 13.2 Å². The minimum absolute atomic E-state index is 0.0444. The summed E-state index contributed by atoms with van der Waals surface area (Å²) in [7, 11) is 0.